The van der Waals surface area contributed by atoms with Gasteiger partial charge >= 0.3 is 0 Å². The first-order valence-corrected chi connectivity index (χ1v) is 5.89. The van der Waals surface area contributed by atoms with Crippen molar-refractivity contribution >= 4 is 46.4 Å². The first-order chi connectivity index (χ1) is 6.28. The van der Waals surface area contributed by atoms with E-state index < -0.39 is 0 Å². The van der Waals surface area contributed by atoms with Gasteiger partial charge < -0.3 is 9.47 Å². The lowest BCUT2D eigenvalue weighted by molar-refractivity contribution is -0.0959. The molecule has 0 saturated carbocycles. The number of hydrogen-bond donors (Lipinski definition) is 0. The zero-order valence-electron chi connectivity index (χ0n) is 7.02. The number of hydrogen-bond acceptors (Lipinski definition) is 2. The summed E-state index contributed by atoms with van der Waals surface area (Å²) in [5, 5.41) is 0. The molecular weight excluding hydrogens is 258 g/mol. The molecule has 0 aliphatic heterocycles. The molecule has 0 aromatic carbocycles. The molecule has 0 unspecified atom stereocenters. The minimum absolute atomic E-state index is 0.119. The van der Waals surface area contributed by atoms with Crippen LogP contribution in [0.5, 0.6) is 0 Å². The molecule has 6 heteroatoms. The van der Waals surface area contributed by atoms with E-state index in [0.717, 1.165) is 0 Å². The molecule has 0 aliphatic carbocycles. The number of rotatable bonds is 8. The van der Waals surface area contributed by atoms with E-state index in [0.29, 0.717) is 23.5 Å². The van der Waals surface area contributed by atoms with Crippen LogP contribution in [0.4, 0.5) is 0 Å². The Kier molecular flexibility index (Phi) is 10.4. The van der Waals surface area contributed by atoms with Gasteiger partial charge in [-0.2, -0.15) is 0 Å². The molecular formula is C7H12Cl4O2. The van der Waals surface area contributed by atoms with Crippen molar-refractivity contribution < 1.29 is 9.47 Å². The van der Waals surface area contributed by atoms with Crippen LogP contribution in [-0.2, 0) is 9.47 Å². The Hall–Kier alpha value is 1.08. The molecule has 0 radical (unpaired) electrons. The van der Waals surface area contributed by atoms with Gasteiger partial charge in [0.25, 0.3) is 0 Å². The molecule has 0 atom stereocenters. The van der Waals surface area contributed by atoms with Crippen molar-refractivity contribution in [3.63, 3.8) is 0 Å². The van der Waals surface area contributed by atoms with E-state index in [2.05, 4.69) is 0 Å². The van der Waals surface area contributed by atoms with E-state index in [1.165, 1.54) is 0 Å². The van der Waals surface area contributed by atoms with Crippen molar-refractivity contribution in [2.24, 2.45) is 0 Å². The second kappa shape index (κ2) is 9.63. The second-order valence-corrected chi connectivity index (χ2v) is 3.55. The molecule has 13 heavy (non-hydrogen) atoms. The molecule has 0 bridgehead atoms. The van der Waals surface area contributed by atoms with Crippen LogP contribution in [0.25, 0.3) is 0 Å². The van der Waals surface area contributed by atoms with Crippen molar-refractivity contribution in [3.05, 3.63) is 0 Å². The Morgan fingerprint density at radius 3 is 1.23 bits per heavy atom. The summed E-state index contributed by atoms with van der Waals surface area (Å²) >= 11 is 22.1. The van der Waals surface area contributed by atoms with Crippen LogP contribution in [0.3, 0.4) is 0 Å². The summed E-state index contributed by atoms with van der Waals surface area (Å²) in [4.78, 5) is 0. The summed E-state index contributed by atoms with van der Waals surface area (Å²) in [5.41, 5.74) is 0. The largest absolute Gasteiger partial charge is 0.350 e. The van der Waals surface area contributed by atoms with Crippen LogP contribution < -0.4 is 0 Å². The van der Waals surface area contributed by atoms with Gasteiger partial charge in [0, 0.05) is 23.5 Å². The van der Waals surface area contributed by atoms with E-state index in [9.17, 15) is 0 Å². The van der Waals surface area contributed by atoms with Crippen LogP contribution in [0, 0.1) is 0 Å². The fourth-order valence-corrected chi connectivity index (χ4v) is 1.51. The Labute approximate surface area is 98.4 Å². The van der Waals surface area contributed by atoms with Gasteiger partial charge in [0.05, 0.1) is 12.2 Å². The highest BCUT2D eigenvalue weighted by Crippen LogP contribution is 2.02. The normalized spacial score (nSPS) is 11.5. The van der Waals surface area contributed by atoms with Crippen LogP contribution in [0.1, 0.15) is 0 Å². The molecule has 0 amide bonds. The quantitative estimate of drug-likeness (QED) is 0.498. The molecule has 0 saturated heterocycles. The van der Waals surface area contributed by atoms with E-state index in [1.54, 1.807) is 0 Å². The topological polar surface area (TPSA) is 18.5 Å². The lowest BCUT2D eigenvalue weighted by Crippen LogP contribution is -2.23. The van der Waals surface area contributed by atoms with E-state index >= 15 is 0 Å². The van der Waals surface area contributed by atoms with Crippen molar-refractivity contribution in [1.29, 1.82) is 0 Å². The maximum absolute atomic E-state index is 5.53. The molecule has 0 heterocycles. The number of halogens is 4. The van der Waals surface area contributed by atoms with Crippen molar-refractivity contribution in [2.45, 2.75) is 12.2 Å². The predicted molar refractivity (Wildman–Crippen MR) is 57.5 cm³/mol. The zero-order chi connectivity index (χ0) is 10.1. The van der Waals surface area contributed by atoms with Crippen LogP contribution in [0.15, 0.2) is 0 Å². The minimum atomic E-state index is -0.186. The lowest BCUT2D eigenvalue weighted by Gasteiger charge is -2.15. The minimum Gasteiger partial charge on any atom is -0.350 e. The van der Waals surface area contributed by atoms with Gasteiger partial charge in [-0.25, -0.2) is 0 Å². The standard InChI is InChI=1S/C7H12Cl4O2/c8-1-6(2-9)12-5-13-7(3-10)4-11/h6-7H,1-5H2. The Balaban J connectivity index is 3.41. The third-order valence-electron chi connectivity index (χ3n) is 1.30. The Morgan fingerprint density at radius 2 is 1.00 bits per heavy atom. The molecule has 0 aromatic rings. The average Bonchev–Trinajstić information content (AvgIpc) is 2.19. The first-order valence-electron chi connectivity index (χ1n) is 3.75. The van der Waals surface area contributed by atoms with Gasteiger partial charge in [-0.3, -0.25) is 0 Å². The fraction of sp³-hybridized carbons (Fsp3) is 1.00. The fourth-order valence-electron chi connectivity index (χ4n) is 0.492. The van der Waals surface area contributed by atoms with Crippen molar-refractivity contribution in [2.75, 3.05) is 30.3 Å². The third kappa shape index (κ3) is 7.06. The summed E-state index contributed by atoms with van der Waals surface area (Å²) in [6, 6.07) is 0. The van der Waals surface area contributed by atoms with Crippen LogP contribution in [0.2, 0.25) is 0 Å². The average molecular weight is 270 g/mol. The molecule has 2 nitrogen and oxygen atoms in total. The lowest BCUT2D eigenvalue weighted by atomic mass is 10.5. The first kappa shape index (κ1) is 14.1. The molecule has 0 rings (SSSR count). The summed E-state index contributed by atoms with van der Waals surface area (Å²) in [6.45, 7) is 0.119. The van der Waals surface area contributed by atoms with Gasteiger partial charge in [-0.05, 0) is 0 Å². The summed E-state index contributed by atoms with van der Waals surface area (Å²) < 4.78 is 10.3. The molecule has 80 valence electrons. The highest BCUT2D eigenvalue weighted by Gasteiger charge is 2.09. The smallest absolute Gasteiger partial charge is 0.147 e. The summed E-state index contributed by atoms with van der Waals surface area (Å²) in [7, 11) is 0. The molecule has 0 fully saturated rings. The zero-order valence-corrected chi connectivity index (χ0v) is 10.0. The maximum Gasteiger partial charge on any atom is 0.147 e. The molecule has 0 aliphatic rings. The molecule has 0 aromatic heterocycles. The Morgan fingerprint density at radius 1 is 0.692 bits per heavy atom. The highest BCUT2D eigenvalue weighted by molar-refractivity contribution is 6.21. The maximum atomic E-state index is 5.53. The SMILES string of the molecule is ClCC(CCl)OCOC(CCl)CCl. The van der Waals surface area contributed by atoms with Gasteiger partial charge in [-0.1, -0.05) is 0 Å². The van der Waals surface area contributed by atoms with E-state index in [1.807, 2.05) is 0 Å². The highest BCUT2D eigenvalue weighted by atomic mass is 35.5. The molecule has 0 spiro atoms. The van der Waals surface area contributed by atoms with Crippen molar-refractivity contribution in [1.82, 2.24) is 0 Å². The Bertz CT molecular complexity index is 94.7. The van der Waals surface area contributed by atoms with Gasteiger partial charge in [-0.15, -0.1) is 46.4 Å². The summed E-state index contributed by atoms with van der Waals surface area (Å²) in [5.74, 6) is 1.39. The van der Waals surface area contributed by atoms with E-state index in [-0.39, 0.29) is 19.0 Å². The summed E-state index contributed by atoms with van der Waals surface area (Å²) in [6.07, 6.45) is -0.371. The van der Waals surface area contributed by atoms with Crippen LogP contribution >= 0.6 is 46.4 Å². The van der Waals surface area contributed by atoms with Gasteiger partial charge in [0.1, 0.15) is 6.79 Å². The second-order valence-electron chi connectivity index (χ2n) is 2.31. The predicted octanol–water partition coefficient (Wildman–Crippen LogP) is 2.67. The molecule has 0 N–H and O–H groups in total. The van der Waals surface area contributed by atoms with E-state index in [4.69, 9.17) is 55.9 Å². The number of alkyl halides is 4. The van der Waals surface area contributed by atoms with Gasteiger partial charge in [0.2, 0.25) is 0 Å². The van der Waals surface area contributed by atoms with Crippen molar-refractivity contribution in [3.8, 4) is 0 Å². The monoisotopic (exact) mass is 268 g/mol. The third-order valence-corrected chi connectivity index (χ3v) is 2.67. The number of ether oxygens (including phenoxy) is 2. The van der Waals surface area contributed by atoms with Gasteiger partial charge in [0.15, 0.2) is 0 Å². The van der Waals surface area contributed by atoms with Crippen LogP contribution in [-0.4, -0.2) is 42.5 Å².